The normalized spacial score (nSPS) is 10.9. The number of rotatable bonds is 3. The number of halogens is 1. The Morgan fingerprint density at radius 2 is 1.48 bits per heavy atom. The Balaban J connectivity index is 2.04. The van der Waals surface area contributed by atoms with E-state index in [0.717, 1.165) is 0 Å². The molecule has 7 nitrogen and oxygen atoms in total. The Kier molecular flexibility index (Phi) is 5.14. The van der Waals surface area contributed by atoms with Gasteiger partial charge in [-0.15, -0.1) is 0 Å². The predicted octanol–water partition coefficient (Wildman–Crippen LogP) is 1.67. The summed E-state index contributed by atoms with van der Waals surface area (Å²) in [7, 11) is -3.81. The Labute approximate surface area is 141 Å². The molecule has 23 heavy (non-hydrogen) atoms. The number of nitrogens with one attached hydrogen (secondary N) is 2. The maximum Gasteiger partial charge on any atom is 0.314 e. The van der Waals surface area contributed by atoms with Gasteiger partial charge >= 0.3 is 11.8 Å². The van der Waals surface area contributed by atoms with Gasteiger partial charge in [0.2, 0.25) is 10.0 Å². The lowest BCUT2D eigenvalue weighted by atomic mass is 10.3. The monoisotopic (exact) mass is 397 g/mol. The third-order valence-electron chi connectivity index (χ3n) is 2.77. The second-order valence-electron chi connectivity index (χ2n) is 4.46. The van der Waals surface area contributed by atoms with Gasteiger partial charge in [0.05, 0.1) is 10.6 Å². The van der Waals surface area contributed by atoms with Crippen LogP contribution < -0.4 is 15.8 Å². The summed E-state index contributed by atoms with van der Waals surface area (Å²) < 4.78 is 22.9. The van der Waals surface area contributed by atoms with Gasteiger partial charge in [-0.3, -0.25) is 9.59 Å². The fourth-order valence-corrected chi connectivity index (χ4v) is 2.56. The van der Waals surface area contributed by atoms with Gasteiger partial charge in [0.1, 0.15) is 0 Å². The summed E-state index contributed by atoms with van der Waals surface area (Å²) in [6.07, 6.45) is 0. The highest BCUT2D eigenvalue weighted by Gasteiger charge is 2.15. The minimum atomic E-state index is -3.81. The number of para-hydroxylation sites is 1. The van der Waals surface area contributed by atoms with Crippen LogP contribution in [0.2, 0.25) is 0 Å². The standard InChI is InChI=1S/C14H12BrN3O4S/c15-11-3-1-2-4-12(11)18-14(20)13(19)17-9-5-7-10(8-6-9)23(16,21)22/h1-8H,(H,17,19)(H,18,20)(H2,16,21,22). The third-order valence-corrected chi connectivity index (χ3v) is 4.39. The molecule has 0 spiro atoms. The Hall–Kier alpha value is -2.23. The van der Waals surface area contributed by atoms with E-state index in [0.29, 0.717) is 10.2 Å². The number of hydrogen-bond acceptors (Lipinski definition) is 4. The molecule has 0 radical (unpaired) electrons. The molecule has 2 rings (SSSR count). The summed E-state index contributed by atoms with van der Waals surface area (Å²) in [6.45, 7) is 0. The molecule has 120 valence electrons. The van der Waals surface area contributed by atoms with Gasteiger partial charge in [-0.05, 0) is 52.3 Å². The van der Waals surface area contributed by atoms with Crippen LogP contribution in [0.15, 0.2) is 57.9 Å². The number of sulfonamides is 1. The summed E-state index contributed by atoms with van der Waals surface area (Å²) in [5.74, 6) is -1.74. The van der Waals surface area contributed by atoms with E-state index >= 15 is 0 Å². The lowest BCUT2D eigenvalue weighted by Gasteiger charge is -2.08. The van der Waals surface area contributed by atoms with Crippen molar-refractivity contribution in [3.05, 3.63) is 53.0 Å². The van der Waals surface area contributed by atoms with Gasteiger partial charge in [-0.1, -0.05) is 12.1 Å². The fraction of sp³-hybridized carbons (Fsp3) is 0. The third kappa shape index (κ3) is 4.62. The molecular weight excluding hydrogens is 386 g/mol. The number of benzene rings is 2. The summed E-state index contributed by atoms with van der Waals surface area (Å²) in [4.78, 5) is 23.6. The van der Waals surface area contributed by atoms with E-state index in [1.54, 1.807) is 24.3 Å². The van der Waals surface area contributed by atoms with Crippen molar-refractivity contribution in [2.45, 2.75) is 4.90 Å². The van der Waals surface area contributed by atoms with Crippen molar-refractivity contribution in [3.8, 4) is 0 Å². The summed E-state index contributed by atoms with van der Waals surface area (Å²) in [5.41, 5.74) is 0.724. The largest absolute Gasteiger partial charge is 0.318 e. The van der Waals surface area contributed by atoms with Gasteiger partial charge in [0.15, 0.2) is 0 Å². The average molecular weight is 398 g/mol. The molecule has 2 amide bonds. The average Bonchev–Trinajstić information content (AvgIpc) is 2.49. The van der Waals surface area contributed by atoms with Crippen LogP contribution in [0.3, 0.4) is 0 Å². The molecule has 0 saturated carbocycles. The van der Waals surface area contributed by atoms with Crippen LogP contribution in [0.25, 0.3) is 0 Å². The molecule has 0 aliphatic carbocycles. The Morgan fingerprint density at radius 3 is 2.04 bits per heavy atom. The first-order valence-corrected chi connectivity index (χ1v) is 8.61. The van der Waals surface area contributed by atoms with E-state index in [1.807, 2.05) is 0 Å². The zero-order valence-electron chi connectivity index (χ0n) is 11.6. The molecule has 2 aromatic rings. The van der Waals surface area contributed by atoms with Crippen molar-refractivity contribution in [2.75, 3.05) is 10.6 Å². The highest BCUT2D eigenvalue weighted by atomic mass is 79.9. The van der Waals surface area contributed by atoms with Crippen molar-refractivity contribution in [1.29, 1.82) is 0 Å². The van der Waals surface area contributed by atoms with E-state index in [2.05, 4.69) is 26.6 Å². The Morgan fingerprint density at radius 1 is 0.913 bits per heavy atom. The first kappa shape index (κ1) is 17.1. The van der Waals surface area contributed by atoms with Gasteiger partial charge in [-0.25, -0.2) is 13.6 Å². The van der Waals surface area contributed by atoms with Gasteiger partial charge in [0, 0.05) is 10.2 Å². The molecule has 0 aliphatic rings. The Bertz CT molecular complexity index is 851. The van der Waals surface area contributed by atoms with E-state index in [-0.39, 0.29) is 10.6 Å². The van der Waals surface area contributed by atoms with Crippen LogP contribution in [-0.4, -0.2) is 20.2 Å². The number of nitrogens with two attached hydrogens (primary N) is 1. The van der Waals surface area contributed by atoms with Crippen molar-refractivity contribution in [2.24, 2.45) is 5.14 Å². The maximum absolute atomic E-state index is 11.8. The van der Waals surface area contributed by atoms with Gasteiger partial charge < -0.3 is 10.6 Å². The zero-order valence-corrected chi connectivity index (χ0v) is 14.0. The molecule has 0 aromatic heterocycles. The molecule has 0 atom stereocenters. The first-order valence-electron chi connectivity index (χ1n) is 6.27. The van der Waals surface area contributed by atoms with Crippen LogP contribution in [0.1, 0.15) is 0 Å². The topological polar surface area (TPSA) is 118 Å². The van der Waals surface area contributed by atoms with Crippen molar-refractivity contribution >= 4 is 49.1 Å². The maximum atomic E-state index is 11.8. The molecule has 0 fully saturated rings. The summed E-state index contributed by atoms with van der Waals surface area (Å²) in [6, 6.07) is 12.0. The van der Waals surface area contributed by atoms with E-state index in [9.17, 15) is 18.0 Å². The molecule has 2 aromatic carbocycles. The highest BCUT2D eigenvalue weighted by Crippen LogP contribution is 2.21. The SMILES string of the molecule is NS(=O)(=O)c1ccc(NC(=O)C(=O)Nc2ccccc2Br)cc1. The minimum Gasteiger partial charge on any atom is -0.318 e. The number of carbonyl (C=O) groups is 2. The quantitative estimate of drug-likeness (QED) is 0.682. The van der Waals surface area contributed by atoms with E-state index < -0.39 is 21.8 Å². The van der Waals surface area contributed by atoms with Crippen LogP contribution in [0.5, 0.6) is 0 Å². The molecule has 0 heterocycles. The van der Waals surface area contributed by atoms with E-state index in [1.165, 1.54) is 24.3 Å². The molecule has 0 saturated heterocycles. The first-order chi connectivity index (χ1) is 10.8. The molecule has 4 N–H and O–H groups in total. The highest BCUT2D eigenvalue weighted by molar-refractivity contribution is 9.10. The lowest BCUT2D eigenvalue weighted by Crippen LogP contribution is -2.29. The van der Waals surface area contributed by atoms with Crippen LogP contribution in [-0.2, 0) is 19.6 Å². The molecular formula is C14H12BrN3O4S. The fourth-order valence-electron chi connectivity index (χ4n) is 1.66. The molecule has 9 heteroatoms. The van der Waals surface area contributed by atoms with E-state index in [4.69, 9.17) is 5.14 Å². The van der Waals surface area contributed by atoms with Crippen LogP contribution >= 0.6 is 15.9 Å². The number of carbonyl (C=O) groups excluding carboxylic acids is 2. The number of hydrogen-bond donors (Lipinski definition) is 3. The molecule has 0 bridgehead atoms. The molecule has 0 unspecified atom stereocenters. The molecule has 0 aliphatic heterocycles. The van der Waals surface area contributed by atoms with Crippen molar-refractivity contribution in [1.82, 2.24) is 0 Å². The second kappa shape index (κ2) is 6.90. The lowest BCUT2D eigenvalue weighted by molar-refractivity contribution is -0.133. The predicted molar refractivity (Wildman–Crippen MR) is 89.2 cm³/mol. The van der Waals surface area contributed by atoms with Crippen LogP contribution in [0.4, 0.5) is 11.4 Å². The van der Waals surface area contributed by atoms with Crippen molar-refractivity contribution in [3.63, 3.8) is 0 Å². The smallest absolute Gasteiger partial charge is 0.314 e. The van der Waals surface area contributed by atoms with Gasteiger partial charge in [-0.2, -0.15) is 0 Å². The van der Waals surface area contributed by atoms with Crippen LogP contribution in [0, 0.1) is 0 Å². The number of primary sulfonamides is 1. The number of amides is 2. The second-order valence-corrected chi connectivity index (χ2v) is 6.87. The number of anilines is 2. The zero-order chi connectivity index (χ0) is 17.0. The van der Waals surface area contributed by atoms with Gasteiger partial charge in [0.25, 0.3) is 0 Å². The minimum absolute atomic E-state index is 0.0897. The summed E-state index contributed by atoms with van der Waals surface area (Å²) >= 11 is 3.25. The summed E-state index contributed by atoms with van der Waals surface area (Å²) in [5, 5.41) is 9.78. The van der Waals surface area contributed by atoms with Crippen molar-refractivity contribution < 1.29 is 18.0 Å².